The zero-order valence-corrected chi connectivity index (χ0v) is 8.87. The first-order chi connectivity index (χ1) is 7.04. The van der Waals surface area contributed by atoms with Crippen LogP contribution in [0.15, 0.2) is 12.3 Å². The van der Waals surface area contributed by atoms with E-state index in [4.69, 9.17) is 4.74 Å². The highest BCUT2D eigenvalue weighted by atomic mass is 19.1. The SMILES string of the molecule is COc1cc(C(C)NC(C)=O)ncc1F. The van der Waals surface area contributed by atoms with Gasteiger partial charge in [0, 0.05) is 13.0 Å². The maximum atomic E-state index is 13.0. The van der Waals surface area contributed by atoms with E-state index in [9.17, 15) is 9.18 Å². The Morgan fingerprint density at radius 2 is 2.33 bits per heavy atom. The van der Waals surface area contributed by atoms with Crippen LogP contribution in [0, 0.1) is 5.82 Å². The van der Waals surface area contributed by atoms with E-state index in [0.717, 1.165) is 6.20 Å². The number of ether oxygens (including phenoxy) is 1. The number of hydrogen-bond acceptors (Lipinski definition) is 3. The summed E-state index contributed by atoms with van der Waals surface area (Å²) in [4.78, 5) is 14.7. The molecule has 1 aromatic heterocycles. The molecule has 0 spiro atoms. The lowest BCUT2D eigenvalue weighted by Crippen LogP contribution is -2.24. The van der Waals surface area contributed by atoms with E-state index in [1.807, 2.05) is 0 Å². The number of aromatic nitrogens is 1. The molecule has 0 radical (unpaired) electrons. The lowest BCUT2D eigenvalue weighted by molar-refractivity contribution is -0.119. The van der Waals surface area contributed by atoms with Gasteiger partial charge in [0.1, 0.15) is 0 Å². The molecule has 1 atom stereocenters. The Morgan fingerprint density at radius 3 is 2.87 bits per heavy atom. The minimum Gasteiger partial charge on any atom is -0.494 e. The Hall–Kier alpha value is -1.65. The molecular weight excluding hydrogens is 199 g/mol. The van der Waals surface area contributed by atoms with Crippen molar-refractivity contribution in [3.05, 3.63) is 23.8 Å². The monoisotopic (exact) mass is 212 g/mol. The van der Waals surface area contributed by atoms with Crippen LogP contribution in [0.4, 0.5) is 4.39 Å². The van der Waals surface area contributed by atoms with Crippen LogP contribution in [0.5, 0.6) is 5.75 Å². The largest absolute Gasteiger partial charge is 0.494 e. The van der Waals surface area contributed by atoms with Crippen molar-refractivity contribution < 1.29 is 13.9 Å². The van der Waals surface area contributed by atoms with Gasteiger partial charge in [-0.15, -0.1) is 0 Å². The molecule has 0 aliphatic carbocycles. The second kappa shape index (κ2) is 4.72. The number of amides is 1. The van der Waals surface area contributed by atoms with Crippen molar-refractivity contribution >= 4 is 5.91 Å². The van der Waals surface area contributed by atoms with Gasteiger partial charge in [0.15, 0.2) is 11.6 Å². The van der Waals surface area contributed by atoms with E-state index in [-0.39, 0.29) is 17.7 Å². The molecule has 82 valence electrons. The van der Waals surface area contributed by atoms with Crippen molar-refractivity contribution in [2.75, 3.05) is 7.11 Å². The number of methoxy groups -OCH3 is 1. The van der Waals surface area contributed by atoms with Crippen molar-refractivity contribution in [3.63, 3.8) is 0 Å². The smallest absolute Gasteiger partial charge is 0.217 e. The van der Waals surface area contributed by atoms with Gasteiger partial charge in [-0.25, -0.2) is 4.39 Å². The Labute approximate surface area is 87.5 Å². The average molecular weight is 212 g/mol. The van der Waals surface area contributed by atoms with E-state index in [2.05, 4.69) is 10.3 Å². The van der Waals surface area contributed by atoms with E-state index in [1.165, 1.54) is 20.1 Å². The normalized spacial score (nSPS) is 12.0. The van der Waals surface area contributed by atoms with Crippen LogP contribution in [0.1, 0.15) is 25.6 Å². The standard InChI is InChI=1S/C10H13FN2O2/c1-6(13-7(2)14)9-4-10(15-3)8(11)5-12-9/h4-6H,1-3H3,(H,13,14). The van der Waals surface area contributed by atoms with Crippen molar-refractivity contribution in [2.45, 2.75) is 19.9 Å². The number of hydrogen-bond donors (Lipinski definition) is 1. The van der Waals surface area contributed by atoms with Gasteiger partial charge in [0.25, 0.3) is 0 Å². The minimum absolute atomic E-state index is 0.122. The average Bonchev–Trinajstić information content (AvgIpc) is 2.17. The van der Waals surface area contributed by atoms with Crippen molar-refractivity contribution in [2.24, 2.45) is 0 Å². The summed E-state index contributed by atoms with van der Waals surface area (Å²) < 4.78 is 17.8. The third-order valence-corrected chi connectivity index (χ3v) is 1.92. The quantitative estimate of drug-likeness (QED) is 0.824. The van der Waals surface area contributed by atoms with Gasteiger partial charge in [0.2, 0.25) is 5.91 Å². The number of pyridine rings is 1. The summed E-state index contributed by atoms with van der Waals surface area (Å²) in [5, 5.41) is 2.65. The minimum atomic E-state index is -0.517. The van der Waals surface area contributed by atoms with Gasteiger partial charge in [-0.3, -0.25) is 9.78 Å². The van der Waals surface area contributed by atoms with Gasteiger partial charge in [-0.2, -0.15) is 0 Å². The van der Waals surface area contributed by atoms with Crippen LogP contribution < -0.4 is 10.1 Å². The van der Waals surface area contributed by atoms with Gasteiger partial charge in [-0.05, 0) is 6.92 Å². The predicted molar refractivity (Wildman–Crippen MR) is 53.0 cm³/mol. The molecule has 1 rings (SSSR count). The summed E-state index contributed by atoms with van der Waals surface area (Å²) in [7, 11) is 1.38. The fourth-order valence-corrected chi connectivity index (χ4v) is 1.21. The first kappa shape index (κ1) is 11.4. The van der Waals surface area contributed by atoms with Crippen LogP contribution in [0.25, 0.3) is 0 Å². The molecule has 0 aliphatic heterocycles. The molecule has 1 amide bonds. The molecule has 0 saturated carbocycles. The Bertz CT molecular complexity index is 368. The fraction of sp³-hybridized carbons (Fsp3) is 0.400. The van der Waals surface area contributed by atoms with Crippen LogP contribution in [-0.2, 0) is 4.79 Å². The zero-order chi connectivity index (χ0) is 11.4. The molecule has 1 N–H and O–H groups in total. The Balaban J connectivity index is 2.90. The molecular formula is C10H13FN2O2. The molecule has 5 heteroatoms. The Kier molecular flexibility index (Phi) is 3.60. The van der Waals surface area contributed by atoms with E-state index < -0.39 is 5.82 Å². The molecule has 0 aliphatic rings. The lowest BCUT2D eigenvalue weighted by Gasteiger charge is -2.12. The first-order valence-electron chi connectivity index (χ1n) is 4.51. The molecule has 0 bridgehead atoms. The second-order valence-corrected chi connectivity index (χ2v) is 3.17. The highest BCUT2D eigenvalue weighted by molar-refractivity contribution is 5.73. The molecule has 15 heavy (non-hydrogen) atoms. The fourth-order valence-electron chi connectivity index (χ4n) is 1.21. The van der Waals surface area contributed by atoms with Gasteiger partial charge in [-0.1, -0.05) is 0 Å². The number of nitrogens with zero attached hydrogens (tertiary/aromatic N) is 1. The molecule has 0 fully saturated rings. The summed E-state index contributed by atoms with van der Waals surface area (Å²) >= 11 is 0. The number of rotatable bonds is 3. The lowest BCUT2D eigenvalue weighted by atomic mass is 10.2. The Morgan fingerprint density at radius 1 is 1.67 bits per heavy atom. The topological polar surface area (TPSA) is 51.2 Å². The highest BCUT2D eigenvalue weighted by Crippen LogP contribution is 2.19. The van der Waals surface area contributed by atoms with Gasteiger partial charge >= 0.3 is 0 Å². The second-order valence-electron chi connectivity index (χ2n) is 3.17. The van der Waals surface area contributed by atoms with E-state index >= 15 is 0 Å². The summed E-state index contributed by atoms with van der Waals surface area (Å²) in [5.74, 6) is -0.555. The third-order valence-electron chi connectivity index (χ3n) is 1.92. The van der Waals surface area contributed by atoms with Crippen LogP contribution in [-0.4, -0.2) is 18.0 Å². The summed E-state index contributed by atoms with van der Waals surface area (Å²) in [6, 6.07) is 1.20. The van der Waals surface area contributed by atoms with Crippen LogP contribution in [0.3, 0.4) is 0 Å². The maximum Gasteiger partial charge on any atom is 0.217 e. The highest BCUT2D eigenvalue weighted by Gasteiger charge is 2.11. The molecule has 0 aromatic carbocycles. The molecule has 4 nitrogen and oxygen atoms in total. The predicted octanol–water partition coefficient (Wildman–Crippen LogP) is 1.43. The first-order valence-corrected chi connectivity index (χ1v) is 4.51. The van der Waals surface area contributed by atoms with E-state index in [1.54, 1.807) is 6.92 Å². The number of nitrogens with one attached hydrogen (secondary N) is 1. The van der Waals surface area contributed by atoms with E-state index in [0.29, 0.717) is 5.69 Å². The number of carbonyl (C=O) groups is 1. The van der Waals surface area contributed by atoms with Gasteiger partial charge in [0.05, 0.1) is 25.0 Å². The number of carbonyl (C=O) groups excluding carboxylic acids is 1. The summed E-state index contributed by atoms with van der Waals surface area (Å²) in [6.07, 6.45) is 1.08. The van der Waals surface area contributed by atoms with Crippen molar-refractivity contribution in [1.29, 1.82) is 0 Å². The maximum absolute atomic E-state index is 13.0. The third kappa shape index (κ3) is 2.90. The molecule has 1 aromatic rings. The van der Waals surface area contributed by atoms with Crippen molar-refractivity contribution in [1.82, 2.24) is 10.3 Å². The zero-order valence-electron chi connectivity index (χ0n) is 8.87. The number of halogens is 1. The molecule has 1 unspecified atom stereocenters. The van der Waals surface area contributed by atoms with Crippen LogP contribution >= 0.6 is 0 Å². The van der Waals surface area contributed by atoms with Crippen molar-refractivity contribution in [3.8, 4) is 5.75 Å². The van der Waals surface area contributed by atoms with Gasteiger partial charge < -0.3 is 10.1 Å². The summed E-state index contributed by atoms with van der Waals surface area (Å²) in [5.41, 5.74) is 0.559. The van der Waals surface area contributed by atoms with Crippen LogP contribution in [0.2, 0.25) is 0 Å². The molecule has 1 heterocycles. The summed E-state index contributed by atoms with van der Waals surface area (Å²) in [6.45, 7) is 3.18. The molecule has 0 saturated heterocycles.